The maximum absolute atomic E-state index is 12.3. The van der Waals surface area contributed by atoms with E-state index in [1.165, 1.54) is 22.3 Å². The SMILES string of the molecule is CCOc1ccc(NC(=O)CNC(=O)c2sccc2-n2cnnn2)cc1. The normalized spacial score (nSPS) is 10.3. The molecule has 2 amide bonds. The zero-order chi connectivity index (χ0) is 18.4. The van der Waals surface area contributed by atoms with Crippen LogP contribution in [0.5, 0.6) is 5.75 Å². The average molecular weight is 372 g/mol. The number of carbonyl (C=O) groups excluding carboxylic acids is 2. The second-order valence-electron chi connectivity index (χ2n) is 5.08. The predicted molar refractivity (Wildman–Crippen MR) is 95.6 cm³/mol. The predicted octanol–water partition coefficient (Wildman–Crippen LogP) is 1.49. The number of ether oxygens (including phenoxy) is 1. The van der Waals surface area contributed by atoms with Crippen LogP contribution in [-0.4, -0.2) is 45.2 Å². The molecule has 0 aliphatic heterocycles. The molecule has 0 atom stereocenters. The van der Waals surface area contributed by atoms with Gasteiger partial charge in [0, 0.05) is 5.69 Å². The van der Waals surface area contributed by atoms with Crippen molar-refractivity contribution in [2.24, 2.45) is 0 Å². The topological polar surface area (TPSA) is 111 Å². The lowest BCUT2D eigenvalue weighted by Gasteiger charge is -2.08. The number of carbonyl (C=O) groups is 2. The van der Waals surface area contributed by atoms with E-state index in [-0.39, 0.29) is 18.4 Å². The van der Waals surface area contributed by atoms with Crippen LogP contribution in [0, 0.1) is 0 Å². The van der Waals surface area contributed by atoms with Crippen molar-refractivity contribution in [2.45, 2.75) is 6.92 Å². The van der Waals surface area contributed by atoms with Gasteiger partial charge in [-0.2, -0.15) is 4.68 Å². The van der Waals surface area contributed by atoms with Gasteiger partial charge in [0.25, 0.3) is 5.91 Å². The van der Waals surface area contributed by atoms with Crippen LogP contribution >= 0.6 is 11.3 Å². The first-order valence-corrected chi connectivity index (χ1v) is 8.67. The van der Waals surface area contributed by atoms with Crippen molar-refractivity contribution < 1.29 is 14.3 Å². The lowest BCUT2D eigenvalue weighted by atomic mass is 10.3. The number of tetrazole rings is 1. The van der Waals surface area contributed by atoms with Crippen LogP contribution in [0.1, 0.15) is 16.6 Å². The Morgan fingerprint density at radius 1 is 1.23 bits per heavy atom. The Morgan fingerprint density at radius 2 is 2.04 bits per heavy atom. The van der Waals surface area contributed by atoms with Crippen molar-refractivity contribution in [3.05, 3.63) is 46.9 Å². The third kappa shape index (κ3) is 4.22. The highest BCUT2D eigenvalue weighted by atomic mass is 32.1. The van der Waals surface area contributed by atoms with Crippen LogP contribution in [0.2, 0.25) is 0 Å². The van der Waals surface area contributed by atoms with Gasteiger partial charge in [-0.3, -0.25) is 9.59 Å². The van der Waals surface area contributed by atoms with E-state index in [1.54, 1.807) is 35.7 Å². The Kier molecular flexibility index (Phi) is 5.54. The van der Waals surface area contributed by atoms with Gasteiger partial charge in [0.2, 0.25) is 5.91 Å². The van der Waals surface area contributed by atoms with Crippen molar-refractivity contribution in [1.82, 2.24) is 25.5 Å². The van der Waals surface area contributed by atoms with Gasteiger partial charge >= 0.3 is 0 Å². The fraction of sp³-hybridized carbons (Fsp3) is 0.188. The molecule has 0 saturated heterocycles. The molecule has 10 heteroatoms. The molecule has 26 heavy (non-hydrogen) atoms. The van der Waals surface area contributed by atoms with E-state index < -0.39 is 0 Å². The van der Waals surface area contributed by atoms with E-state index >= 15 is 0 Å². The highest BCUT2D eigenvalue weighted by Gasteiger charge is 2.16. The Labute approximate surface area is 153 Å². The van der Waals surface area contributed by atoms with Gasteiger partial charge in [0.15, 0.2) is 0 Å². The number of amides is 2. The molecule has 0 unspecified atom stereocenters. The second-order valence-corrected chi connectivity index (χ2v) is 5.99. The van der Waals surface area contributed by atoms with Crippen LogP contribution in [-0.2, 0) is 4.79 Å². The van der Waals surface area contributed by atoms with Crippen LogP contribution in [0.4, 0.5) is 5.69 Å². The third-order valence-electron chi connectivity index (χ3n) is 3.31. The molecule has 2 N–H and O–H groups in total. The Balaban J connectivity index is 1.55. The quantitative estimate of drug-likeness (QED) is 0.650. The fourth-order valence-corrected chi connectivity index (χ4v) is 2.97. The highest BCUT2D eigenvalue weighted by Crippen LogP contribution is 2.19. The summed E-state index contributed by atoms with van der Waals surface area (Å²) in [5.41, 5.74) is 1.18. The summed E-state index contributed by atoms with van der Waals surface area (Å²) in [6.07, 6.45) is 1.40. The Bertz CT molecular complexity index is 876. The van der Waals surface area contributed by atoms with Crippen LogP contribution in [0.15, 0.2) is 42.0 Å². The Morgan fingerprint density at radius 3 is 2.73 bits per heavy atom. The molecule has 0 fully saturated rings. The zero-order valence-electron chi connectivity index (χ0n) is 13.9. The van der Waals surface area contributed by atoms with Crippen LogP contribution in [0.25, 0.3) is 5.69 Å². The summed E-state index contributed by atoms with van der Waals surface area (Å²) < 4.78 is 6.74. The number of nitrogens with one attached hydrogen (secondary N) is 2. The van der Waals surface area contributed by atoms with E-state index in [9.17, 15) is 9.59 Å². The number of nitrogens with zero attached hydrogens (tertiary/aromatic N) is 4. The smallest absolute Gasteiger partial charge is 0.264 e. The minimum Gasteiger partial charge on any atom is -0.494 e. The van der Waals surface area contributed by atoms with Crippen molar-refractivity contribution in [1.29, 1.82) is 0 Å². The van der Waals surface area contributed by atoms with E-state index in [2.05, 4.69) is 26.2 Å². The first-order valence-electron chi connectivity index (χ1n) is 7.79. The van der Waals surface area contributed by atoms with Gasteiger partial charge in [-0.25, -0.2) is 0 Å². The molecule has 0 saturated carbocycles. The van der Waals surface area contributed by atoms with E-state index in [4.69, 9.17) is 4.74 Å². The van der Waals surface area contributed by atoms with Gasteiger partial charge in [0.05, 0.1) is 18.8 Å². The molecule has 0 aliphatic rings. The maximum atomic E-state index is 12.3. The standard InChI is InChI=1S/C16H16N6O3S/c1-2-25-12-5-3-11(4-6-12)19-14(23)9-17-16(24)15-13(7-8-26-15)22-10-18-20-21-22/h3-8,10H,2,9H2,1H3,(H,17,24)(H,19,23). The number of aromatic nitrogens is 4. The molecule has 0 radical (unpaired) electrons. The average Bonchev–Trinajstić information content (AvgIpc) is 3.32. The number of thiophene rings is 1. The van der Waals surface area contributed by atoms with Gasteiger partial charge < -0.3 is 15.4 Å². The van der Waals surface area contributed by atoms with Crippen molar-refractivity contribution in [3.8, 4) is 11.4 Å². The molecular formula is C16H16N6O3S. The third-order valence-corrected chi connectivity index (χ3v) is 4.21. The lowest BCUT2D eigenvalue weighted by molar-refractivity contribution is -0.115. The molecule has 2 aromatic heterocycles. The van der Waals surface area contributed by atoms with Gasteiger partial charge in [-0.05, 0) is 53.1 Å². The van der Waals surface area contributed by atoms with Gasteiger partial charge in [-0.1, -0.05) is 0 Å². The van der Waals surface area contributed by atoms with Crippen molar-refractivity contribution in [3.63, 3.8) is 0 Å². The van der Waals surface area contributed by atoms with Crippen LogP contribution in [0.3, 0.4) is 0 Å². The molecule has 134 valence electrons. The minimum atomic E-state index is -0.368. The van der Waals surface area contributed by atoms with Crippen molar-refractivity contribution in [2.75, 3.05) is 18.5 Å². The molecule has 9 nitrogen and oxygen atoms in total. The number of hydrogen-bond acceptors (Lipinski definition) is 7. The summed E-state index contributed by atoms with van der Waals surface area (Å²) in [6.45, 7) is 2.32. The van der Waals surface area contributed by atoms with Gasteiger partial charge in [0.1, 0.15) is 17.0 Å². The molecule has 0 spiro atoms. The molecule has 3 rings (SSSR count). The first-order chi connectivity index (χ1) is 12.7. The second kappa shape index (κ2) is 8.21. The van der Waals surface area contributed by atoms with E-state index in [1.807, 2.05) is 6.92 Å². The molecule has 0 aliphatic carbocycles. The Hall–Kier alpha value is -3.27. The lowest BCUT2D eigenvalue weighted by Crippen LogP contribution is -2.32. The molecule has 1 aromatic carbocycles. The number of hydrogen-bond donors (Lipinski definition) is 2. The maximum Gasteiger partial charge on any atom is 0.264 e. The fourth-order valence-electron chi connectivity index (χ4n) is 2.17. The summed E-state index contributed by atoms with van der Waals surface area (Å²) in [7, 11) is 0. The van der Waals surface area contributed by atoms with Crippen LogP contribution < -0.4 is 15.4 Å². The minimum absolute atomic E-state index is 0.154. The van der Waals surface area contributed by atoms with Crippen molar-refractivity contribution >= 4 is 28.8 Å². The molecule has 3 aromatic rings. The first kappa shape index (κ1) is 17.5. The molecule has 0 bridgehead atoms. The van der Waals surface area contributed by atoms with E-state index in [0.717, 1.165) is 5.75 Å². The number of benzene rings is 1. The number of anilines is 1. The highest BCUT2D eigenvalue weighted by molar-refractivity contribution is 7.12. The number of rotatable bonds is 7. The summed E-state index contributed by atoms with van der Waals surface area (Å²) in [5.74, 6) is 0.0296. The zero-order valence-corrected chi connectivity index (χ0v) is 14.7. The largest absolute Gasteiger partial charge is 0.494 e. The van der Waals surface area contributed by atoms with Gasteiger partial charge in [-0.15, -0.1) is 16.4 Å². The van der Waals surface area contributed by atoms with E-state index in [0.29, 0.717) is 22.9 Å². The molecular weight excluding hydrogens is 356 g/mol. The monoisotopic (exact) mass is 372 g/mol. The summed E-state index contributed by atoms with van der Waals surface area (Å²) >= 11 is 1.24. The summed E-state index contributed by atoms with van der Waals surface area (Å²) in [5, 5.41) is 17.9. The molecule has 2 heterocycles. The summed E-state index contributed by atoms with van der Waals surface area (Å²) in [4.78, 5) is 24.8. The summed E-state index contributed by atoms with van der Waals surface area (Å²) in [6, 6.07) is 8.74.